The fourth-order valence-electron chi connectivity index (χ4n) is 2.12. The molecule has 0 bridgehead atoms. The van der Waals surface area contributed by atoms with E-state index in [0.717, 1.165) is 11.1 Å². The van der Waals surface area contributed by atoms with Crippen molar-refractivity contribution in [3.05, 3.63) is 47.2 Å². The van der Waals surface area contributed by atoms with Crippen LogP contribution in [0.25, 0.3) is 0 Å². The molecule has 2 N–H and O–H groups in total. The van der Waals surface area contributed by atoms with Gasteiger partial charge in [0.25, 0.3) is 0 Å². The predicted octanol–water partition coefficient (Wildman–Crippen LogP) is 0.965. The van der Waals surface area contributed by atoms with Gasteiger partial charge in [0, 0.05) is 0 Å². The third kappa shape index (κ3) is 1.85. The van der Waals surface area contributed by atoms with Gasteiger partial charge in [0.05, 0.1) is 0 Å². The number of anilines is 1. The van der Waals surface area contributed by atoms with Gasteiger partial charge in [-0.15, -0.1) is 0 Å². The van der Waals surface area contributed by atoms with Gasteiger partial charge in [-0.3, -0.25) is 0 Å². The van der Waals surface area contributed by atoms with Crippen molar-refractivity contribution >= 4 is 11.9 Å². The number of aromatic nitrogens is 4. The van der Waals surface area contributed by atoms with Gasteiger partial charge in [-0.2, -0.15) is 4.68 Å². The van der Waals surface area contributed by atoms with Gasteiger partial charge in [-0.05, 0) is 34.6 Å². The molecule has 0 saturated heterocycles. The Morgan fingerprint density at radius 3 is 2.95 bits per heavy atom. The van der Waals surface area contributed by atoms with Crippen LogP contribution in [0.4, 0.5) is 5.95 Å². The standard InChI is InChI=1S/C12H11N5O2/c1-7-4-2-3-5-8(7)10-6-9(11(18)19)13-12-14-15-16-17(10)12/h2-6,10H,1H3,(H,18,19)(H,13,14,16)/t10-/m1/s1. The van der Waals surface area contributed by atoms with Crippen LogP contribution < -0.4 is 5.32 Å². The second-order valence-electron chi connectivity index (χ2n) is 4.26. The van der Waals surface area contributed by atoms with E-state index in [1.165, 1.54) is 0 Å². The summed E-state index contributed by atoms with van der Waals surface area (Å²) in [5.74, 6) is -0.707. The summed E-state index contributed by atoms with van der Waals surface area (Å²) >= 11 is 0. The van der Waals surface area contributed by atoms with Crippen molar-refractivity contribution in [2.24, 2.45) is 0 Å². The number of nitrogens with zero attached hydrogens (tertiary/aromatic N) is 4. The maximum atomic E-state index is 11.1. The number of carbonyl (C=O) groups is 1. The second-order valence-corrected chi connectivity index (χ2v) is 4.26. The maximum Gasteiger partial charge on any atom is 0.352 e. The van der Waals surface area contributed by atoms with Gasteiger partial charge in [0.2, 0.25) is 5.95 Å². The van der Waals surface area contributed by atoms with Gasteiger partial charge in [-0.1, -0.05) is 29.4 Å². The molecule has 0 fully saturated rings. The summed E-state index contributed by atoms with van der Waals surface area (Å²) in [6.07, 6.45) is 1.61. The van der Waals surface area contributed by atoms with Crippen molar-refractivity contribution in [2.75, 3.05) is 5.32 Å². The Hall–Kier alpha value is -2.70. The molecular weight excluding hydrogens is 246 g/mol. The lowest BCUT2D eigenvalue weighted by Crippen LogP contribution is -2.24. The highest BCUT2D eigenvalue weighted by Gasteiger charge is 2.26. The smallest absolute Gasteiger partial charge is 0.352 e. The minimum Gasteiger partial charge on any atom is -0.477 e. The van der Waals surface area contributed by atoms with Crippen LogP contribution >= 0.6 is 0 Å². The number of rotatable bonds is 2. The van der Waals surface area contributed by atoms with Crippen molar-refractivity contribution in [1.29, 1.82) is 0 Å². The SMILES string of the molecule is Cc1ccccc1[C@H]1C=C(C(=O)O)Nc2nnnn21. The van der Waals surface area contributed by atoms with E-state index < -0.39 is 5.97 Å². The molecule has 0 saturated carbocycles. The lowest BCUT2D eigenvalue weighted by Gasteiger charge is -2.22. The predicted molar refractivity (Wildman–Crippen MR) is 66.5 cm³/mol. The summed E-state index contributed by atoms with van der Waals surface area (Å²) in [6, 6.07) is 7.42. The quantitative estimate of drug-likeness (QED) is 0.832. The van der Waals surface area contributed by atoms with E-state index in [1.54, 1.807) is 10.8 Å². The molecule has 1 aliphatic rings. The van der Waals surface area contributed by atoms with Gasteiger partial charge >= 0.3 is 5.97 Å². The van der Waals surface area contributed by atoms with Gasteiger partial charge in [0.1, 0.15) is 11.7 Å². The number of hydrogen-bond donors (Lipinski definition) is 2. The van der Waals surface area contributed by atoms with E-state index in [-0.39, 0.29) is 11.7 Å². The first-order chi connectivity index (χ1) is 9.16. The molecule has 2 heterocycles. The largest absolute Gasteiger partial charge is 0.477 e. The topological polar surface area (TPSA) is 92.9 Å². The Morgan fingerprint density at radius 1 is 1.42 bits per heavy atom. The summed E-state index contributed by atoms with van der Waals surface area (Å²) in [7, 11) is 0. The van der Waals surface area contributed by atoms with Crippen LogP contribution in [0.5, 0.6) is 0 Å². The zero-order chi connectivity index (χ0) is 13.4. The molecule has 0 radical (unpaired) electrons. The molecule has 0 unspecified atom stereocenters. The normalized spacial score (nSPS) is 17.3. The zero-order valence-electron chi connectivity index (χ0n) is 10.1. The first-order valence-electron chi connectivity index (χ1n) is 5.72. The Bertz CT molecular complexity index is 676. The summed E-state index contributed by atoms with van der Waals surface area (Å²) < 4.78 is 1.56. The highest BCUT2D eigenvalue weighted by Crippen LogP contribution is 2.29. The fourth-order valence-corrected chi connectivity index (χ4v) is 2.12. The summed E-state index contributed by atoms with van der Waals surface area (Å²) in [5.41, 5.74) is 2.10. The molecule has 7 heteroatoms. The van der Waals surface area contributed by atoms with Crippen LogP contribution in [0.3, 0.4) is 0 Å². The summed E-state index contributed by atoms with van der Waals surface area (Å²) in [5, 5.41) is 23.1. The van der Waals surface area contributed by atoms with Gasteiger partial charge < -0.3 is 10.4 Å². The first-order valence-corrected chi connectivity index (χ1v) is 5.72. The van der Waals surface area contributed by atoms with Crippen molar-refractivity contribution in [3.8, 4) is 0 Å². The summed E-state index contributed by atoms with van der Waals surface area (Å²) in [4.78, 5) is 11.1. The molecule has 7 nitrogen and oxygen atoms in total. The Balaban J connectivity index is 2.15. The number of benzene rings is 1. The van der Waals surface area contributed by atoms with Crippen LogP contribution in [0.15, 0.2) is 36.0 Å². The van der Waals surface area contributed by atoms with Crippen LogP contribution in [0, 0.1) is 6.92 Å². The summed E-state index contributed by atoms with van der Waals surface area (Å²) in [6.45, 7) is 1.97. The van der Waals surface area contributed by atoms with E-state index in [9.17, 15) is 4.79 Å². The molecule has 0 aliphatic carbocycles. The van der Waals surface area contributed by atoms with Crippen LogP contribution in [0.2, 0.25) is 0 Å². The highest BCUT2D eigenvalue weighted by atomic mass is 16.4. The lowest BCUT2D eigenvalue weighted by molar-refractivity contribution is -0.132. The number of nitrogens with one attached hydrogen (secondary N) is 1. The molecule has 1 aliphatic heterocycles. The van der Waals surface area contributed by atoms with E-state index >= 15 is 0 Å². The third-order valence-electron chi connectivity index (χ3n) is 3.06. The lowest BCUT2D eigenvalue weighted by atomic mass is 9.99. The molecule has 2 aromatic rings. The van der Waals surface area contributed by atoms with E-state index in [4.69, 9.17) is 5.11 Å². The Labute approximate surface area is 108 Å². The monoisotopic (exact) mass is 257 g/mol. The molecule has 1 aromatic carbocycles. The molecule has 96 valence electrons. The van der Waals surface area contributed by atoms with E-state index in [0.29, 0.717) is 5.95 Å². The van der Waals surface area contributed by atoms with Crippen molar-refractivity contribution in [2.45, 2.75) is 13.0 Å². The maximum absolute atomic E-state index is 11.1. The van der Waals surface area contributed by atoms with Crippen molar-refractivity contribution in [1.82, 2.24) is 20.2 Å². The minimum atomic E-state index is -1.03. The molecule has 1 aromatic heterocycles. The molecule has 0 spiro atoms. The highest BCUT2D eigenvalue weighted by molar-refractivity contribution is 5.90. The number of hydrogen-bond acceptors (Lipinski definition) is 5. The average molecular weight is 257 g/mol. The number of aryl methyl sites for hydroxylation is 1. The van der Waals surface area contributed by atoms with Gasteiger partial charge in [-0.25, -0.2) is 4.79 Å². The first kappa shape index (κ1) is 11.4. The van der Waals surface area contributed by atoms with Crippen molar-refractivity contribution < 1.29 is 9.90 Å². The Morgan fingerprint density at radius 2 is 2.21 bits per heavy atom. The molecule has 19 heavy (non-hydrogen) atoms. The van der Waals surface area contributed by atoms with Crippen LogP contribution in [-0.2, 0) is 4.79 Å². The molecule has 3 rings (SSSR count). The number of carboxylic acid groups (broad SMARTS) is 1. The number of fused-ring (bicyclic) bond motifs is 1. The fraction of sp³-hybridized carbons (Fsp3) is 0.167. The van der Waals surface area contributed by atoms with Crippen molar-refractivity contribution in [3.63, 3.8) is 0 Å². The zero-order valence-corrected chi connectivity index (χ0v) is 10.1. The second kappa shape index (κ2) is 4.20. The number of tetrazole rings is 1. The number of carboxylic acids is 1. The molecule has 1 atom stereocenters. The van der Waals surface area contributed by atoms with Crippen LogP contribution in [0.1, 0.15) is 17.2 Å². The van der Waals surface area contributed by atoms with Gasteiger partial charge in [0.15, 0.2) is 0 Å². The number of aliphatic carboxylic acids is 1. The minimum absolute atomic E-state index is 0.0792. The molecular formula is C12H11N5O2. The Kier molecular flexibility index (Phi) is 2.52. The third-order valence-corrected chi connectivity index (χ3v) is 3.06. The average Bonchev–Trinajstić information content (AvgIpc) is 2.86. The number of allylic oxidation sites excluding steroid dienone is 1. The molecule has 0 amide bonds. The van der Waals surface area contributed by atoms with E-state index in [1.807, 2.05) is 31.2 Å². The van der Waals surface area contributed by atoms with Crippen LogP contribution in [-0.4, -0.2) is 31.3 Å². The van der Waals surface area contributed by atoms with E-state index in [2.05, 4.69) is 20.8 Å².